The van der Waals surface area contributed by atoms with Gasteiger partial charge in [0, 0.05) is 21.1 Å². The van der Waals surface area contributed by atoms with Crippen LogP contribution in [0.1, 0.15) is 33.1 Å². The van der Waals surface area contributed by atoms with Gasteiger partial charge in [-0.3, -0.25) is 0 Å². The Hall–Kier alpha value is -1.37. The van der Waals surface area contributed by atoms with Gasteiger partial charge in [-0.2, -0.15) is 0 Å². The fraction of sp³-hybridized carbons (Fsp3) is 0.571. The van der Waals surface area contributed by atoms with Gasteiger partial charge in [0.25, 0.3) is 0 Å². The van der Waals surface area contributed by atoms with Crippen LogP contribution < -0.4 is 0 Å². The van der Waals surface area contributed by atoms with E-state index in [1.54, 1.807) is 12.1 Å². The number of halogens is 1. The summed E-state index contributed by atoms with van der Waals surface area (Å²) in [7, 11) is 1.60. The van der Waals surface area contributed by atoms with Gasteiger partial charge in [-0.05, 0) is 54.9 Å². The fourth-order valence-electron chi connectivity index (χ4n) is 4.98. The van der Waals surface area contributed by atoms with Crippen molar-refractivity contribution in [3.63, 3.8) is 0 Å². The molecule has 4 atom stereocenters. The largest absolute Gasteiger partial charge is 0.465 e. The lowest BCUT2D eigenvalue weighted by Gasteiger charge is -2.41. The molecule has 0 saturated heterocycles. The highest BCUT2D eigenvalue weighted by atomic mass is 35.5. The molecule has 5 nitrogen and oxygen atoms in total. The SMILES string of the molecule is COC(=O)C(C(=O)OC)=S(C[C@]12CC[C@H](C[C@H]1O)C2(C)C)c1ccc(Cl)cc1. The van der Waals surface area contributed by atoms with Crippen molar-refractivity contribution in [1.82, 2.24) is 0 Å². The quantitative estimate of drug-likeness (QED) is 0.441. The normalized spacial score (nSPS) is 28.6. The molecule has 2 saturated carbocycles. The van der Waals surface area contributed by atoms with Gasteiger partial charge in [0.1, 0.15) is 0 Å². The number of benzene rings is 1. The average molecular weight is 427 g/mol. The molecule has 2 fully saturated rings. The minimum Gasteiger partial charge on any atom is -0.465 e. The molecular formula is C21H27ClO5S. The van der Waals surface area contributed by atoms with Crippen LogP contribution in [0.3, 0.4) is 0 Å². The Kier molecular flexibility index (Phi) is 5.95. The standard InChI is InChI=1S/C21H27ClO5S/c1-20(2)13-9-10-21(20,16(23)11-13)12-28(15-7-5-14(22)6-8-15)17(18(24)26-3)19(25)27-4/h5-8,13,16,23H,9-12H2,1-4H3/t13-,16-,21-,28?/m1/s1. The molecule has 2 aliphatic carbocycles. The third-order valence-corrected chi connectivity index (χ3v) is 9.60. The van der Waals surface area contributed by atoms with Gasteiger partial charge >= 0.3 is 11.9 Å². The highest BCUT2D eigenvalue weighted by Gasteiger charge is 2.63. The van der Waals surface area contributed by atoms with Crippen LogP contribution >= 0.6 is 22.1 Å². The monoisotopic (exact) mass is 426 g/mol. The number of aliphatic hydroxyl groups is 1. The highest BCUT2D eigenvalue weighted by molar-refractivity contribution is 8.18. The van der Waals surface area contributed by atoms with Gasteiger partial charge in [0.05, 0.1) is 20.3 Å². The van der Waals surface area contributed by atoms with Crippen LogP contribution in [0.4, 0.5) is 0 Å². The first-order valence-electron chi connectivity index (χ1n) is 9.36. The number of aliphatic hydroxyl groups excluding tert-OH is 1. The van der Waals surface area contributed by atoms with Crippen molar-refractivity contribution in [2.45, 2.75) is 44.1 Å². The number of hydrogen-bond acceptors (Lipinski definition) is 5. The number of rotatable bonds is 5. The molecule has 0 heterocycles. The summed E-state index contributed by atoms with van der Waals surface area (Å²) in [6, 6.07) is 7.15. The topological polar surface area (TPSA) is 72.8 Å². The first-order chi connectivity index (χ1) is 13.2. The molecule has 0 spiro atoms. The zero-order chi connectivity index (χ0) is 20.7. The molecule has 2 aliphatic rings. The van der Waals surface area contributed by atoms with E-state index in [1.807, 2.05) is 12.1 Å². The van der Waals surface area contributed by atoms with Crippen LogP contribution in [0.2, 0.25) is 5.02 Å². The lowest BCUT2D eigenvalue weighted by molar-refractivity contribution is -0.137. The summed E-state index contributed by atoms with van der Waals surface area (Å²) in [6.07, 6.45) is 2.23. The average Bonchev–Trinajstić information content (AvgIpc) is 3.02. The first-order valence-corrected chi connectivity index (χ1v) is 11.1. The number of carbonyl (C=O) groups excluding carboxylic acids is 2. The summed E-state index contributed by atoms with van der Waals surface area (Å²) in [6.45, 7) is 4.39. The smallest absolute Gasteiger partial charge is 0.351 e. The molecule has 0 aliphatic heterocycles. The lowest BCUT2D eigenvalue weighted by Crippen LogP contribution is -2.42. The maximum Gasteiger partial charge on any atom is 0.351 e. The van der Waals surface area contributed by atoms with E-state index in [9.17, 15) is 14.7 Å². The van der Waals surface area contributed by atoms with Crippen LogP contribution in [-0.4, -0.2) is 48.0 Å². The van der Waals surface area contributed by atoms with Crippen molar-refractivity contribution in [1.29, 1.82) is 0 Å². The maximum absolute atomic E-state index is 12.6. The van der Waals surface area contributed by atoms with Crippen LogP contribution in [0.25, 0.3) is 0 Å². The summed E-state index contributed by atoms with van der Waals surface area (Å²) >= 11 is 6.05. The van der Waals surface area contributed by atoms with Crippen LogP contribution in [0, 0.1) is 16.7 Å². The number of methoxy groups -OCH3 is 2. The zero-order valence-corrected chi connectivity index (χ0v) is 18.2. The summed E-state index contributed by atoms with van der Waals surface area (Å²) in [5.74, 6) is -0.445. The van der Waals surface area contributed by atoms with Crippen molar-refractivity contribution in [3.05, 3.63) is 29.3 Å². The van der Waals surface area contributed by atoms with E-state index in [0.717, 1.165) is 24.2 Å². The van der Waals surface area contributed by atoms with Gasteiger partial charge in [-0.15, -0.1) is 10.5 Å². The van der Waals surface area contributed by atoms with E-state index < -0.39 is 28.5 Å². The molecule has 28 heavy (non-hydrogen) atoms. The Bertz CT molecular complexity index is 799. The van der Waals surface area contributed by atoms with Crippen molar-refractivity contribution < 1.29 is 24.2 Å². The molecule has 1 aromatic carbocycles. The van der Waals surface area contributed by atoms with Gasteiger partial charge in [0.2, 0.25) is 0 Å². The molecule has 2 bridgehead atoms. The van der Waals surface area contributed by atoms with Crippen molar-refractivity contribution in [3.8, 4) is 0 Å². The van der Waals surface area contributed by atoms with Crippen LogP contribution in [0.5, 0.6) is 0 Å². The zero-order valence-electron chi connectivity index (χ0n) is 16.7. The van der Waals surface area contributed by atoms with Gasteiger partial charge in [-0.25, -0.2) is 9.59 Å². The van der Waals surface area contributed by atoms with Crippen molar-refractivity contribution >= 4 is 38.9 Å². The molecular weight excluding hydrogens is 400 g/mol. The number of carbonyl (C=O) groups is 2. The number of hydrogen-bond donors (Lipinski definition) is 1. The predicted molar refractivity (Wildman–Crippen MR) is 111 cm³/mol. The predicted octanol–water partition coefficient (Wildman–Crippen LogP) is 3.67. The highest BCUT2D eigenvalue weighted by Crippen LogP contribution is 2.67. The molecule has 3 rings (SSSR count). The Balaban J connectivity index is 2.19. The number of ether oxygens (including phenoxy) is 2. The van der Waals surface area contributed by atoms with E-state index in [0.29, 0.717) is 16.7 Å². The lowest BCUT2D eigenvalue weighted by atomic mass is 9.70. The van der Waals surface area contributed by atoms with Crippen molar-refractivity contribution in [2.75, 3.05) is 20.0 Å². The van der Waals surface area contributed by atoms with Crippen LogP contribution in [0.15, 0.2) is 29.2 Å². The number of esters is 2. The first kappa shape index (κ1) is 21.3. The Morgan fingerprint density at radius 1 is 1.18 bits per heavy atom. The van der Waals surface area contributed by atoms with Crippen LogP contribution in [-0.2, 0) is 19.1 Å². The second kappa shape index (κ2) is 7.81. The molecule has 0 amide bonds. The second-order valence-corrected chi connectivity index (χ2v) is 10.6. The minimum atomic E-state index is -0.915. The number of fused-ring (bicyclic) bond motifs is 2. The molecule has 0 radical (unpaired) electrons. The Labute approximate surface area is 173 Å². The molecule has 1 N–H and O–H groups in total. The van der Waals surface area contributed by atoms with E-state index in [2.05, 4.69) is 13.8 Å². The summed E-state index contributed by atoms with van der Waals surface area (Å²) in [5.41, 5.74) is -0.449. The summed E-state index contributed by atoms with van der Waals surface area (Å²) < 4.78 is 9.85. The van der Waals surface area contributed by atoms with E-state index in [-0.39, 0.29) is 15.7 Å². The second-order valence-electron chi connectivity index (χ2n) is 8.17. The minimum absolute atomic E-state index is 0.0138. The maximum atomic E-state index is 12.6. The summed E-state index contributed by atoms with van der Waals surface area (Å²) in [4.78, 5) is 25.9. The van der Waals surface area contributed by atoms with Gasteiger partial charge in [-0.1, -0.05) is 25.4 Å². The molecule has 7 heteroatoms. The molecule has 1 unspecified atom stereocenters. The van der Waals surface area contributed by atoms with Gasteiger partial charge < -0.3 is 14.6 Å². The van der Waals surface area contributed by atoms with E-state index in [4.69, 9.17) is 21.1 Å². The molecule has 154 valence electrons. The fourth-order valence-corrected chi connectivity index (χ4v) is 7.91. The Morgan fingerprint density at radius 3 is 2.18 bits per heavy atom. The summed E-state index contributed by atoms with van der Waals surface area (Å²) in [5, 5.41) is 11.5. The van der Waals surface area contributed by atoms with E-state index in [1.165, 1.54) is 14.2 Å². The molecule has 0 aromatic heterocycles. The van der Waals surface area contributed by atoms with Crippen molar-refractivity contribution in [2.24, 2.45) is 16.7 Å². The van der Waals surface area contributed by atoms with E-state index >= 15 is 0 Å². The Morgan fingerprint density at radius 2 is 1.75 bits per heavy atom. The third kappa shape index (κ3) is 3.29. The van der Waals surface area contributed by atoms with Gasteiger partial charge in [0.15, 0.2) is 4.86 Å². The third-order valence-electron chi connectivity index (χ3n) is 6.88. The molecule has 1 aromatic rings.